The van der Waals surface area contributed by atoms with Crippen molar-refractivity contribution in [3.8, 4) is 0 Å². The molecule has 3 rings (SSSR count). The predicted molar refractivity (Wildman–Crippen MR) is 84.4 cm³/mol. The zero-order valence-electron chi connectivity index (χ0n) is 12.0. The summed E-state index contributed by atoms with van der Waals surface area (Å²) in [5.41, 5.74) is 0.302. The number of thiazole rings is 1. The molecule has 5 nitrogen and oxygen atoms in total. The highest BCUT2D eigenvalue weighted by atomic mass is 35.5. The predicted octanol–water partition coefficient (Wildman–Crippen LogP) is 3.30. The Morgan fingerprint density at radius 1 is 1.43 bits per heavy atom. The molecular weight excluding hydrogens is 330 g/mol. The molecule has 2 heterocycles. The number of rotatable bonds is 3. The van der Waals surface area contributed by atoms with E-state index in [0.717, 1.165) is 25.7 Å². The van der Waals surface area contributed by atoms with Crippen LogP contribution in [-0.4, -0.2) is 23.8 Å². The normalized spacial score (nSPS) is 20.1. The van der Waals surface area contributed by atoms with Crippen molar-refractivity contribution in [3.63, 3.8) is 0 Å². The molecule has 2 aromatic rings. The topological polar surface area (TPSA) is 63.5 Å². The van der Waals surface area contributed by atoms with E-state index in [4.69, 9.17) is 11.6 Å². The molecule has 1 aliphatic carbocycles. The van der Waals surface area contributed by atoms with Crippen molar-refractivity contribution in [1.29, 1.82) is 0 Å². The molecule has 8 heteroatoms. The van der Waals surface area contributed by atoms with Crippen molar-refractivity contribution >= 4 is 37.9 Å². The number of nitrogens with zero attached hydrogens (tertiary/aromatic N) is 2. The minimum Gasteiger partial charge on any atom is -0.279 e. The second-order valence-electron chi connectivity index (χ2n) is 6.32. The molecule has 0 bridgehead atoms. The first kappa shape index (κ1) is 15.3. The van der Waals surface area contributed by atoms with E-state index in [1.807, 2.05) is 0 Å². The minimum atomic E-state index is -3.66. The van der Waals surface area contributed by atoms with Gasteiger partial charge in [0.1, 0.15) is 0 Å². The van der Waals surface area contributed by atoms with Crippen molar-refractivity contribution in [1.82, 2.24) is 14.1 Å². The van der Waals surface area contributed by atoms with E-state index >= 15 is 0 Å². The number of fused-ring (bicyclic) bond motifs is 1. The van der Waals surface area contributed by atoms with Crippen LogP contribution in [0.3, 0.4) is 0 Å². The summed E-state index contributed by atoms with van der Waals surface area (Å²) in [7, 11) is -3.66. The molecule has 1 N–H and O–H groups in total. The Morgan fingerprint density at radius 2 is 2.10 bits per heavy atom. The molecule has 0 amide bonds. The van der Waals surface area contributed by atoms with E-state index in [-0.39, 0.29) is 16.2 Å². The zero-order valence-corrected chi connectivity index (χ0v) is 14.4. The third-order valence-electron chi connectivity index (χ3n) is 4.09. The van der Waals surface area contributed by atoms with E-state index in [0.29, 0.717) is 10.4 Å². The second kappa shape index (κ2) is 5.22. The number of hydrogen-bond acceptors (Lipinski definition) is 4. The lowest BCUT2D eigenvalue weighted by molar-refractivity contribution is 0.218. The summed E-state index contributed by atoms with van der Waals surface area (Å²) in [5.74, 6) is 0. The molecule has 0 radical (unpaired) electrons. The quantitative estimate of drug-likeness (QED) is 0.926. The summed E-state index contributed by atoms with van der Waals surface area (Å²) in [6.45, 7) is 4.45. The van der Waals surface area contributed by atoms with Gasteiger partial charge in [0.2, 0.25) is 0 Å². The SMILES string of the molecule is CC1(C)CCC(NS(=O)(=O)c2c(Cl)nc3sccn23)CC1. The Balaban J connectivity index is 1.84. The summed E-state index contributed by atoms with van der Waals surface area (Å²) >= 11 is 7.37. The van der Waals surface area contributed by atoms with Gasteiger partial charge in [0, 0.05) is 17.6 Å². The van der Waals surface area contributed by atoms with Crippen molar-refractivity contribution < 1.29 is 8.42 Å². The van der Waals surface area contributed by atoms with E-state index in [2.05, 4.69) is 23.6 Å². The second-order valence-corrected chi connectivity index (χ2v) is 9.18. The molecule has 2 aromatic heterocycles. The number of halogens is 1. The van der Waals surface area contributed by atoms with Crippen LogP contribution in [0.4, 0.5) is 0 Å². The van der Waals surface area contributed by atoms with Gasteiger partial charge in [-0.1, -0.05) is 25.4 Å². The van der Waals surface area contributed by atoms with Gasteiger partial charge in [-0.2, -0.15) is 0 Å². The molecule has 1 aliphatic rings. The maximum Gasteiger partial charge on any atom is 0.260 e. The Morgan fingerprint density at radius 3 is 2.76 bits per heavy atom. The highest BCUT2D eigenvalue weighted by molar-refractivity contribution is 7.89. The molecule has 0 unspecified atom stereocenters. The van der Waals surface area contributed by atoms with Crippen LogP contribution in [0.2, 0.25) is 5.15 Å². The van der Waals surface area contributed by atoms with Gasteiger partial charge in [-0.25, -0.2) is 18.1 Å². The molecule has 0 spiro atoms. The van der Waals surface area contributed by atoms with Gasteiger partial charge in [-0.3, -0.25) is 4.40 Å². The van der Waals surface area contributed by atoms with Gasteiger partial charge >= 0.3 is 0 Å². The molecule has 0 aromatic carbocycles. The first-order valence-electron chi connectivity index (χ1n) is 6.92. The summed E-state index contributed by atoms with van der Waals surface area (Å²) < 4.78 is 29.5. The summed E-state index contributed by atoms with van der Waals surface area (Å²) in [6, 6.07) is -0.0247. The average Bonchev–Trinajstić information content (AvgIpc) is 2.91. The number of imidazole rings is 1. The lowest BCUT2D eigenvalue weighted by Gasteiger charge is -2.34. The monoisotopic (exact) mass is 347 g/mol. The van der Waals surface area contributed by atoms with Gasteiger partial charge in [-0.15, -0.1) is 11.3 Å². The fourth-order valence-electron chi connectivity index (χ4n) is 2.77. The molecular formula is C13H18ClN3O2S2. The Hall–Kier alpha value is -0.630. The standard InChI is InChI=1S/C13H18ClN3O2S2/c1-13(2)5-3-9(4-6-13)16-21(18,19)11-10(14)15-12-17(11)7-8-20-12/h7-9,16H,3-6H2,1-2H3. The fraction of sp³-hybridized carbons (Fsp3) is 0.615. The molecule has 0 aliphatic heterocycles. The van der Waals surface area contributed by atoms with Crippen molar-refractivity contribution in [2.45, 2.75) is 50.6 Å². The van der Waals surface area contributed by atoms with Crippen LogP contribution in [0.1, 0.15) is 39.5 Å². The number of aromatic nitrogens is 2. The molecule has 116 valence electrons. The average molecular weight is 348 g/mol. The highest BCUT2D eigenvalue weighted by Gasteiger charge is 2.32. The van der Waals surface area contributed by atoms with E-state index < -0.39 is 10.0 Å². The first-order chi connectivity index (χ1) is 9.78. The first-order valence-corrected chi connectivity index (χ1v) is 9.66. The maximum atomic E-state index is 12.6. The van der Waals surface area contributed by atoms with Crippen LogP contribution >= 0.6 is 22.9 Å². The molecule has 1 fully saturated rings. The van der Waals surface area contributed by atoms with Crippen LogP contribution < -0.4 is 4.72 Å². The van der Waals surface area contributed by atoms with Crippen molar-refractivity contribution in [3.05, 3.63) is 16.7 Å². The summed E-state index contributed by atoms with van der Waals surface area (Å²) in [4.78, 5) is 4.67. The van der Waals surface area contributed by atoms with E-state index in [1.165, 1.54) is 15.7 Å². The molecule has 21 heavy (non-hydrogen) atoms. The zero-order chi connectivity index (χ0) is 15.3. The number of sulfonamides is 1. The Bertz CT molecular complexity index is 754. The van der Waals surface area contributed by atoms with Crippen molar-refractivity contribution in [2.24, 2.45) is 5.41 Å². The van der Waals surface area contributed by atoms with Gasteiger partial charge in [0.05, 0.1) is 0 Å². The van der Waals surface area contributed by atoms with Crippen molar-refractivity contribution in [2.75, 3.05) is 0 Å². The molecule has 0 atom stereocenters. The number of hydrogen-bond donors (Lipinski definition) is 1. The third kappa shape index (κ3) is 2.97. The smallest absolute Gasteiger partial charge is 0.260 e. The van der Waals surface area contributed by atoms with Gasteiger partial charge < -0.3 is 0 Å². The van der Waals surface area contributed by atoms with Gasteiger partial charge in [-0.05, 0) is 31.1 Å². The third-order valence-corrected chi connectivity index (χ3v) is 6.77. The summed E-state index contributed by atoms with van der Waals surface area (Å²) in [5, 5.41) is 1.87. The fourth-order valence-corrected chi connectivity index (χ4v) is 5.53. The molecule has 1 saturated carbocycles. The lowest BCUT2D eigenvalue weighted by atomic mass is 9.76. The highest BCUT2D eigenvalue weighted by Crippen LogP contribution is 2.35. The van der Waals surface area contributed by atoms with Crippen LogP contribution in [0.5, 0.6) is 0 Å². The molecule has 0 saturated heterocycles. The largest absolute Gasteiger partial charge is 0.279 e. The maximum absolute atomic E-state index is 12.6. The van der Waals surface area contributed by atoms with Crippen LogP contribution in [-0.2, 0) is 10.0 Å². The Labute approximate surface area is 133 Å². The summed E-state index contributed by atoms with van der Waals surface area (Å²) in [6.07, 6.45) is 5.44. The number of nitrogens with one attached hydrogen (secondary N) is 1. The van der Waals surface area contributed by atoms with Gasteiger partial charge in [0.25, 0.3) is 10.0 Å². The Kier molecular flexibility index (Phi) is 3.80. The lowest BCUT2D eigenvalue weighted by Crippen LogP contribution is -2.39. The van der Waals surface area contributed by atoms with Gasteiger partial charge in [0.15, 0.2) is 15.1 Å². The van der Waals surface area contributed by atoms with Crippen LogP contribution in [0.15, 0.2) is 16.6 Å². The van der Waals surface area contributed by atoms with Crippen LogP contribution in [0.25, 0.3) is 4.96 Å². The van der Waals surface area contributed by atoms with Crippen LogP contribution in [0, 0.1) is 5.41 Å². The minimum absolute atomic E-state index is 0.0247. The van der Waals surface area contributed by atoms with E-state index in [1.54, 1.807) is 11.6 Å². The van der Waals surface area contributed by atoms with E-state index in [9.17, 15) is 8.42 Å².